The Kier molecular flexibility index (Phi) is 3.93. The van der Waals surface area contributed by atoms with Gasteiger partial charge in [-0.3, -0.25) is 4.79 Å². The number of nitrogens with zero attached hydrogens (tertiary/aromatic N) is 1. The predicted octanol–water partition coefficient (Wildman–Crippen LogP) is 3.57. The average molecular weight is 295 g/mol. The van der Waals surface area contributed by atoms with E-state index < -0.39 is 8.32 Å². The van der Waals surface area contributed by atoms with Crippen LogP contribution in [-0.2, 0) is 9.22 Å². The Bertz CT molecular complexity index is 436. The van der Waals surface area contributed by atoms with Gasteiger partial charge in [-0.25, -0.2) is 0 Å². The Morgan fingerprint density at radius 1 is 1.45 bits per heavy atom. The lowest BCUT2D eigenvalue weighted by molar-refractivity contribution is -0.157. The molecule has 114 valence electrons. The maximum Gasteiger partial charge on any atom is 0.231 e. The van der Waals surface area contributed by atoms with Gasteiger partial charge < -0.3 is 9.33 Å². The summed E-state index contributed by atoms with van der Waals surface area (Å²) in [6.07, 6.45) is 3.29. The molecule has 0 aromatic heterocycles. The van der Waals surface area contributed by atoms with E-state index in [1.807, 2.05) is 4.90 Å². The summed E-state index contributed by atoms with van der Waals surface area (Å²) in [5.74, 6) is 0.318. The Morgan fingerprint density at radius 3 is 2.55 bits per heavy atom. The van der Waals surface area contributed by atoms with Crippen molar-refractivity contribution in [2.75, 3.05) is 6.54 Å². The summed E-state index contributed by atoms with van der Waals surface area (Å²) in [6, 6.07) is 0.312. The lowest BCUT2D eigenvalue weighted by Crippen LogP contribution is -2.64. The molecule has 0 bridgehead atoms. The largest absolute Gasteiger partial charge is 0.413 e. The van der Waals surface area contributed by atoms with Gasteiger partial charge in [-0.15, -0.1) is 0 Å². The lowest BCUT2D eigenvalue weighted by Gasteiger charge is -2.49. The molecule has 3 nitrogen and oxygen atoms in total. The number of hydrogen-bond donors (Lipinski definition) is 0. The van der Waals surface area contributed by atoms with E-state index in [9.17, 15) is 4.79 Å². The molecule has 0 spiro atoms. The Morgan fingerprint density at radius 2 is 2.05 bits per heavy atom. The molecule has 1 saturated heterocycles. The smallest absolute Gasteiger partial charge is 0.231 e. The van der Waals surface area contributed by atoms with E-state index in [2.05, 4.69) is 53.8 Å². The highest BCUT2D eigenvalue weighted by Gasteiger charge is 2.54. The van der Waals surface area contributed by atoms with E-state index in [0.29, 0.717) is 6.04 Å². The molecule has 1 amide bonds. The highest BCUT2D eigenvalue weighted by Crippen LogP contribution is 2.43. The van der Waals surface area contributed by atoms with Gasteiger partial charge in [0.25, 0.3) is 0 Å². The third kappa shape index (κ3) is 2.37. The summed E-state index contributed by atoms with van der Waals surface area (Å²) in [5.41, 5.74) is 1.42. The molecule has 0 aliphatic carbocycles. The molecule has 0 aromatic rings. The third-order valence-corrected chi connectivity index (χ3v) is 9.95. The molecule has 0 saturated carbocycles. The van der Waals surface area contributed by atoms with Crippen molar-refractivity contribution in [1.82, 2.24) is 4.90 Å². The molecule has 1 fully saturated rings. The number of carbonyl (C=O) groups is 1. The first kappa shape index (κ1) is 15.8. The normalized spacial score (nSPS) is 28.1. The van der Waals surface area contributed by atoms with Crippen LogP contribution in [0.25, 0.3) is 0 Å². The molecule has 2 rings (SSSR count). The first-order valence-electron chi connectivity index (χ1n) is 7.77. The van der Waals surface area contributed by atoms with Crippen molar-refractivity contribution < 1.29 is 9.22 Å². The standard InChI is InChI=1S/C16H29NO2Si/c1-8-12-9-10-17-14(12)13(15(17)18)11(2)19-20(6,7)16(3,4)5/h9,11,13-14H,8,10H2,1-7H3/t11-,13-,14-/m1/s1. The zero-order chi connectivity index (χ0) is 15.3. The summed E-state index contributed by atoms with van der Waals surface area (Å²) in [4.78, 5) is 14.3. The second-order valence-corrected chi connectivity index (χ2v) is 12.4. The fourth-order valence-corrected chi connectivity index (χ4v) is 4.50. The molecule has 3 atom stereocenters. The topological polar surface area (TPSA) is 29.5 Å². The van der Waals surface area contributed by atoms with E-state index in [4.69, 9.17) is 4.43 Å². The number of hydrogen-bond acceptors (Lipinski definition) is 2. The number of rotatable bonds is 4. The molecule has 2 heterocycles. The van der Waals surface area contributed by atoms with Gasteiger partial charge in [-0.1, -0.05) is 33.8 Å². The van der Waals surface area contributed by atoms with Crippen LogP contribution in [0.5, 0.6) is 0 Å². The van der Waals surface area contributed by atoms with Gasteiger partial charge in [0.05, 0.1) is 18.1 Å². The highest BCUT2D eigenvalue weighted by molar-refractivity contribution is 6.74. The van der Waals surface area contributed by atoms with Crippen molar-refractivity contribution in [2.45, 2.75) is 71.3 Å². The molecular formula is C16H29NO2Si. The molecule has 0 N–H and O–H groups in total. The fraction of sp³-hybridized carbons (Fsp3) is 0.812. The maximum atomic E-state index is 12.3. The Labute approximate surface area is 124 Å². The molecule has 0 aromatic carbocycles. The van der Waals surface area contributed by atoms with Gasteiger partial charge in [0.1, 0.15) is 0 Å². The first-order chi connectivity index (χ1) is 9.10. The Hall–Kier alpha value is -0.613. The minimum atomic E-state index is -1.81. The van der Waals surface area contributed by atoms with Crippen LogP contribution in [-0.4, -0.2) is 37.8 Å². The fourth-order valence-electron chi connectivity index (χ4n) is 3.07. The van der Waals surface area contributed by atoms with Crippen LogP contribution in [0.4, 0.5) is 0 Å². The predicted molar refractivity (Wildman–Crippen MR) is 85.1 cm³/mol. The van der Waals surface area contributed by atoms with Crippen LogP contribution in [0, 0.1) is 5.92 Å². The quantitative estimate of drug-likeness (QED) is 0.451. The first-order valence-corrected chi connectivity index (χ1v) is 10.7. The molecular weight excluding hydrogens is 266 g/mol. The summed E-state index contributed by atoms with van der Waals surface area (Å²) < 4.78 is 6.44. The molecule has 4 heteroatoms. The van der Waals surface area contributed by atoms with Crippen molar-refractivity contribution >= 4 is 14.2 Å². The number of amides is 1. The zero-order valence-corrected chi connectivity index (χ0v) is 15.0. The van der Waals surface area contributed by atoms with E-state index in [0.717, 1.165) is 13.0 Å². The molecule has 2 aliphatic heterocycles. The summed E-state index contributed by atoms with van der Waals surface area (Å²) in [7, 11) is -1.81. The van der Waals surface area contributed by atoms with Crippen molar-refractivity contribution in [3.05, 3.63) is 11.6 Å². The van der Waals surface area contributed by atoms with Crippen LogP contribution in [0.15, 0.2) is 11.6 Å². The van der Waals surface area contributed by atoms with Crippen LogP contribution in [0.1, 0.15) is 41.0 Å². The Balaban J connectivity index is 2.09. The van der Waals surface area contributed by atoms with E-state index in [1.165, 1.54) is 5.57 Å². The monoisotopic (exact) mass is 295 g/mol. The second-order valence-electron chi connectivity index (χ2n) is 7.68. The molecule has 0 unspecified atom stereocenters. The number of carbonyl (C=O) groups excluding carboxylic acids is 1. The second kappa shape index (κ2) is 4.99. The van der Waals surface area contributed by atoms with Gasteiger partial charge in [-0.2, -0.15) is 0 Å². The number of fused-ring (bicyclic) bond motifs is 1. The maximum absolute atomic E-state index is 12.3. The van der Waals surface area contributed by atoms with E-state index in [1.54, 1.807) is 0 Å². The molecule has 2 aliphatic rings. The van der Waals surface area contributed by atoms with Crippen LogP contribution in [0.3, 0.4) is 0 Å². The van der Waals surface area contributed by atoms with Crippen LogP contribution < -0.4 is 0 Å². The minimum Gasteiger partial charge on any atom is -0.413 e. The minimum absolute atomic E-state index is 0.0256. The van der Waals surface area contributed by atoms with E-state index >= 15 is 0 Å². The van der Waals surface area contributed by atoms with Gasteiger partial charge in [0.15, 0.2) is 8.32 Å². The third-order valence-electron chi connectivity index (χ3n) is 5.37. The summed E-state index contributed by atoms with van der Waals surface area (Å²) in [5, 5.41) is 0.187. The van der Waals surface area contributed by atoms with Gasteiger partial charge in [0, 0.05) is 6.54 Å². The molecule has 20 heavy (non-hydrogen) atoms. The van der Waals surface area contributed by atoms with Gasteiger partial charge in [0.2, 0.25) is 5.91 Å². The zero-order valence-electron chi connectivity index (χ0n) is 14.0. The van der Waals surface area contributed by atoms with Crippen molar-refractivity contribution in [2.24, 2.45) is 5.92 Å². The summed E-state index contributed by atoms with van der Waals surface area (Å²) >= 11 is 0. The summed E-state index contributed by atoms with van der Waals surface area (Å²) in [6.45, 7) is 16.3. The highest BCUT2D eigenvalue weighted by atomic mass is 28.4. The van der Waals surface area contributed by atoms with Crippen molar-refractivity contribution in [3.8, 4) is 0 Å². The van der Waals surface area contributed by atoms with Crippen LogP contribution >= 0.6 is 0 Å². The molecule has 0 radical (unpaired) electrons. The van der Waals surface area contributed by atoms with Crippen LogP contribution in [0.2, 0.25) is 18.1 Å². The van der Waals surface area contributed by atoms with E-state index in [-0.39, 0.29) is 23.0 Å². The SMILES string of the molecule is CCC1=CCN2C(=O)[C@H]([C@@H](C)O[Si](C)(C)C(C)(C)C)[C@@H]12. The van der Waals surface area contributed by atoms with Gasteiger partial charge >= 0.3 is 0 Å². The lowest BCUT2D eigenvalue weighted by atomic mass is 9.81. The van der Waals surface area contributed by atoms with Crippen molar-refractivity contribution in [3.63, 3.8) is 0 Å². The van der Waals surface area contributed by atoms with Gasteiger partial charge in [-0.05, 0) is 37.0 Å². The van der Waals surface area contributed by atoms with Crippen molar-refractivity contribution in [1.29, 1.82) is 0 Å². The average Bonchev–Trinajstić information content (AvgIpc) is 2.65. The number of β-lactam (4-membered cyclic amide) rings is 1.